The van der Waals surface area contributed by atoms with Crippen molar-refractivity contribution in [3.63, 3.8) is 0 Å². The molecular formula is C11H20O2. The van der Waals surface area contributed by atoms with Gasteiger partial charge in [0.25, 0.3) is 0 Å². The van der Waals surface area contributed by atoms with E-state index in [0.29, 0.717) is 12.5 Å². The number of hydrogen-bond acceptors (Lipinski definition) is 2. The Morgan fingerprint density at radius 2 is 2.08 bits per heavy atom. The van der Waals surface area contributed by atoms with Gasteiger partial charge in [-0.25, -0.2) is 4.79 Å². The van der Waals surface area contributed by atoms with Gasteiger partial charge in [-0.1, -0.05) is 32.8 Å². The first-order chi connectivity index (χ1) is 6.06. The summed E-state index contributed by atoms with van der Waals surface area (Å²) in [6.07, 6.45) is 3.63. The third kappa shape index (κ3) is 7.57. The van der Waals surface area contributed by atoms with E-state index in [4.69, 9.17) is 4.74 Å². The highest BCUT2D eigenvalue weighted by atomic mass is 16.5. The van der Waals surface area contributed by atoms with E-state index in [2.05, 4.69) is 6.92 Å². The van der Waals surface area contributed by atoms with Crippen molar-refractivity contribution in [3.8, 4) is 0 Å². The summed E-state index contributed by atoms with van der Waals surface area (Å²) in [5.41, 5.74) is 1.09. The molecule has 0 unspecified atom stereocenters. The minimum atomic E-state index is -0.209. The summed E-state index contributed by atoms with van der Waals surface area (Å²) in [7, 11) is 0. The summed E-state index contributed by atoms with van der Waals surface area (Å²) in [6, 6.07) is 0. The maximum Gasteiger partial charge on any atom is 0.330 e. The van der Waals surface area contributed by atoms with Crippen LogP contribution in [0.1, 0.15) is 40.5 Å². The van der Waals surface area contributed by atoms with Crippen LogP contribution in [0.4, 0.5) is 0 Å². The van der Waals surface area contributed by atoms with Gasteiger partial charge in [0.05, 0.1) is 6.61 Å². The molecule has 13 heavy (non-hydrogen) atoms. The molecule has 0 aliphatic carbocycles. The second kappa shape index (κ2) is 6.70. The maximum atomic E-state index is 11.1. The van der Waals surface area contributed by atoms with Crippen molar-refractivity contribution in [3.05, 3.63) is 11.6 Å². The van der Waals surface area contributed by atoms with E-state index in [-0.39, 0.29) is 5.97 Å². The van der Waals surface area contributed by atoms with Crippen molar-refractivity contribution in [2.24, 2.45) is 5.92 Å². The van der Waals surface area contributed by atoms with Crippen LogP contribution >= 0.6 is 0 Å². The van der Waals surface area contributed by atoms with Gasteiger partial charge in [-0.2, -0.15) is 0 Å². The summed E-state index contributed by atoms with van der Waals surface area (Å²) in [5, 5.41) is 0. The van der Waals surface area contributed by atoms with Crippen molar-refractivity contribution >= 4 is 5.97 Å². The largest absolute Gasteiger partial charge is 0.462 e. The lowest BCUT2D eigenvalue weighted by Gasteiger charge is -2.04. The van der Waals surface area contributed by atoms with E-state index in [0.717, 1.165) is 18.4 Å². The number of carbonyl (C=O) groups excluding carboxylic acids is 1. The molecule has 0 rings (SSSR count). The minimum Gasteiger partial charge on any atom is -0.462 e. The highest BCUT2D eigenvalue weighted by Gasteiger charge is 2.00. The Bertz CT molecular complexity index is 181. The lowest BCUT2D eigenvalue weighted by Crippen LogP contribution is -2.07. The maximum absolute atomic E-state index is 11.1. The molecule has 2 nitrogen and oxygen atoms in total. The molecule has 0 saturated carbocycles. The number of allylic oxidation sites excluding steroid dienone is 1. The van der Waals surface area contributed by atoms with Crippen LogP contribution in [0.15, 0.2) is 11.6 Å². The van der Waals surface area contributed by atoms with Crippen LogP contribution in [0.5, 0.6) is 0 Å². The van der Waals surface area contributed by atoms with Gasteiger partial charge in [-0.15, -0.1) is 0 Å². The van der Waals surface area contributed by atoms with Gasteiger partial charge >= 0.3 is 5.97 Å². The molecule has 0 aromatic rings. The van der Waals surface area contributed by atoms with Crippen LogP contribution in [0.2, 0.25) is 0 Å². The quantitative estimate of drug-likeness (QED) is 0.485. The predicted molar refractivity (Wildman–Crippen MR) is 54.5 cm³/mol. The number of carbonyl (C=O) groups is 1. The molecule has 0 fully saturated rings. The van der Waals surface area contributed by atoms with Crippen molar-refractivity contribution in [2.45, 2.75) is 40.5 Å². The van der Waals surface area contributed by atoms with Gasteiger partial charge in [0.15, 0.2) is 0 Å². The highest BCUT2D eigenvalue weighted by Crippen LogP contribution is 2.03. The van der Waals surface area contributed by atoms with E-state index < -0.39 is 0 Å². The van der Waals surface area contributed by atoms with E-state index in [1.165, 1.54) is 0 Å². The van der Waals surface area contributed by atoms with Gasteiger partial charge in [0.1, 0.15) is 0 Å². The fourth-order valence-corrected chi connectivity index (χ4v) is 0.958. The van der Waals surface area contributed by atoms with Gasteiger partial charge in [-0.05, 0) is 19.3 Å². The van der Waals surface area contributed by atoms with Gasteiger partial charge in [-0.3, -0.25) is 0 Å². The first-order valence-electron chi connectivity index (χ1n) is 4.90. The molecule has 76 valence electrons. The number of esters is 1. The summed E-state index contributed by atoms with van der Waals surface area (Å²) in [6.45, 7) is 8.61. The lowest BCUT2D eigenvalue weighted by molar-refractivity contribution is -0.138. The molecule has 0 heterocycles. The van der Waals surface area contributed by atoms with E-state index in [9.17, 15) is 4.79 Å². The standard InChI is InChI=1S/C11H20O2/c1-5-6-10(4)7-11(12)13-8-9(2)3/h7,9H,5-6,8H2,1-4H3. The second-order valence-corrected chi connectivity index (χ2v) is 3.76. The smallest absolute Gasteiger partial charge is 0.330 e. The fraction of sp³-hybridized carbons (Fsp3) is 0.727. The van der Waals surface area contributed by atoms with Crippen LogP contribution < -0.4 is 0 Å². The van der Waals surface area contributed by atoms with E-state index >= 15 is 0 Å². The zero-order valence-electron chi connectivity index (χ0n) is 9.09. The molecule has 0 atom stereocenters. The lowest BCUT2D eigenvalue weighted by atomic mass is 10.2. The number of ether oxygens (including phenoxy) is 1. The van der Waals surface area contributed by atoms with Gasteiger partial charge in [0.2, 0.25) is 0 Å². The van der Waals surface area contributed by atoms with Gasteiger partial charge < -0.3 is 4.74 Å². The summed E-state index contributed by atoms with van der Waals surface area (Å²) in [4.78, 5) is 11.1. The van der Waals surface area contributed by atoms with Crippen LogP contribution in [0, 0.1) is 5.92 Å². The SMILES string of the molecule is CCCC(C)=CC(=O)OCC(C)C. The number of hydrogen-bond donors (Lipinski definition) is 0. The van der Waals surface area contributed by atoms with Crippen molar-refractivity contribution in [1.29, 1.82) is 0 Å². The van der Waals surface area contributed by atoms with Crippen molar-refractivity contribution < 1.29 is 9.53 Å². The molecule has 0 bridgehead atoms. The molecule has 0 amide bonds. The minimum absolute atomic E-state index is 0.209. The Kier molecular flexibility index (Phi) is 6.29. The molecule has 0 spiro atoms. The van der Waals surface area contributed by atoms with Crippen LogP contribution in [-0.2, 0) is 9.53 Å². The molecular weight excluding hydrogens is 164 g/mol. The predicted octanol–water partition coefficient (Wildman–Crippen LogP) is 2.93. The highest BCUT2D eigenvalue weighted by molar-refractivity contribution is 5.82. The Morgan fingerprint density at radius 3 is 2.54 bits per heavy atom. The average molecular weight is 184 g/mol. The third-order valence-electron chi connectivity index (χ3n) is 1.57. The normalized spacial score (nSPS) is 11.9. The van der Waals surface area contributed by atoms with Gasteiger partial charge in [0, 0.05) is 6.08 Å². The fourth-order valence-electron chi connectivity index (χ4n) is 0.958. The first-order valence-corrected chi connectivity index (χ1v) is 4.90. The van der Waals surface area contributed by atoms with Crippen molar-refractivity contribution in [2.75, 3.05) is 6.61 Å². The topological polar surface area (TPSA) is 26.3 Å². The summed E-state index contributed by atoms with van der Waals surface area (Å²) < 4.78 is 5.01. The average Bonchev–Trinajstić information content (AvgIpc) is 2.01. The monoisotopic (exact) mass is 184 g/mol. The molecule has 2 heteroatoms. The number of rotatable bonds is 5. The molecule has 0 radical (unpaired) electrons. The Labute approximate surface area is 81.0 Å². The third-order valence-corrected chi connectivity index (χ3v) is 1.57. The van der Waals surface area contributed by atoms with Crippen LogP contribution in [0.25, 0.3) is 0 Å². The Balaban J connectivity index is 3.78. The summed E-state index contributed by atoms with van der Waals surface area (Å²) >= 11 is 0. The Morgan fingerprint density at radius 1 is 1.46 bits per heavy atom. The summed E-state index contributed by atoms with van der Waals surface area (Å²) in [5.74, 6) is 0.198. The second-order valence-electron chi connectivity index (χ2n) is 3.76. The molecule has 0 aromatic carbocycles. The van der Waals surface area contributed by atoms with E-state index in [1.807, 2.05) is 20.8 Å². The Hall–Kier alpha value is -0.790. The molecule has 0 N–H and O–H groups in total. The molecule has 0 aliphatic rings. The molecule has 0 aromatic heterocycles. The van der Waals surface area contributed by atoms with Crippen molar-refractivity contribution in [1.82, 2.24) is 0 Å². The molecule has 0 saturated heterocycles. The van der Waals surface area contributed by atoms with Crippen LogP contribution in [0.3, 0.4) is 0 Å². The zero-order chi connectivity index (χ0) is 10.3. The van der Waals surface area contributed by atoms with Crippen LogP contribution in [-0.4, -0.2) is 12.6 Å². The van der Waals surface area contributed by atoms with E-state index in [1.54, 1.807) is 6.08 Å². The molecule has 0 aliphatic heterocycles. The first kappa shape index (κ1) is 12.2. The zero-order valence-corrected chi connectivity index (χ0v) is 9.09.